The fraction of sp³-hybridized carbons (Fsp3) is 0.436. The molecule has 13 heteroatoms. The number of ether oxygens (including phenoxy) is 1. The number of amides is 3. The minimum absolute atomic E-state index is 0.0851. The highest BCUT2D eigenvalue weighted by Crippen LogP contribution is 2.38. The van der Waals surface area contributed by atoms with Crippen molar-refractivity contribution in [2.45, 2.75) is 76.9 Å². The summed E-state index contributed by atoms with van der Waals surface area (Å²) in [5.74, 6) is 2.85. The van der Waals surface area contributed by atoms with Gasteiger partial charge in [0, 0.05) is 30.6 Å². The van der Waals surface area contributed by atoms with Crippen LogP contribution in [0.5, 0.6) is 0 Å². The summed E-state index contributed by atoms with van der Waals surface area (Å²) in [7, 11) is 1.31. The van der Waals surface area contributed by atoms with E-state index in [0.717, 1.165) is 96.7 Å². The number of imidazole rings is 2. The van der Waals surface area contributed by atoms with Gasteiger partial charge in [-0.1, -0.05) is 19.1 Å². The third-order valence-electron chi connectivity index (χ3n) is 10.4. The molecule has 2 aliphatic carbocycles. The van der Waals surface area contributed by atoms with E-state index >= 15 is 0 Å². The largest absolute Gasteiger partial charge is 0.453 e. The van der Waals surface area contributed by atoms with Gasteiger partial charge in [0.25, 0.3) is 0 Å². The Morgan fingerprint density at radius 1 is 0.981 bits per heavy atom. The van der Waals surface area contributed by atoms with E-state index in [1.54, 1.807) is 6.20 Å². The lowest BCUT2D eigenvalue weighted by molar-refractivity contribution is -0.135. The molecule has 3 aromatic heterocycles. The van der Waals surface area contributed by atoms with E-state index in [4.69, 9.17) is 14.1 Å². The highest BCUT2D eigenvalue weighted by molar-refractivity contribution is 5.87. The van der Waals surface area contributed by atoms with Crippen LogP contribution in [0.4, 0.5) is 4.79 Å². The maximum Gasteiger partial charge on any atom is 0.407 e. The van der Waals surface area contributed by atoms with Gasteiger partial charge >= 0.3 is 6.09 Å². The minimum Gasteiger partial charge on any atom is -0.453 e. The fourth-order valence-electron chi connectivity index (χ4n) is 7.18. The number of carbonyl (C=O) groups excluding carboxylic acids is 3. The zero-order chi connectivity index (χ0) is 35.8. The molecule has 4 heterocycles. The summed E-state index contributed by atoms with van der Waals surface area (Å²) in [6.07, 6.45) is 10.4. The van der Waals surface area contributed by atoms with Gasteiger partial charge in [0.05, 0.1) is 43.5 Å². The van der Waals surface area contributed by atoms with Gasteiger partial charge in [0.1, 0.15) is 23.2 Å². The Hall–Kier alpha value is -5.46. The lowest BCUT2D eigenvalue weighted by Crippen LogP contribution is -2.49. The molecule has 0 bridgehead atoms. The number of likely N-dealkylation sites (tertiary alicyclic amines) is 1. The van der Waals surface area contributed by atoms with Crippen molar-refractivity contribution < 1.29 is 23.5 Å². The SMILES string of the molecule is CCCN(Cc1ncc(-c2ccc(-c3nc4cc(-c5cnc([C@@H]6CCCN6C(=O)[C@H](NC(=O)OC)C6CC6)[nH]5)ccc4o3)cc2)[nH]1)C(=O)CC1CC1. The topological polar surface area (TPSA) is 162 Å². The first-order chi connectivity index (χ1) is 25.4. The Balaban J connectivity index is 0.941. The highest BCUT2D eigenvalue weighted by Gasteiger charge is 2.43. The molecule has 1 aliphatic heterocycles. The van der Waals surface area contributed by atoms with Gasteiger partial charge in [-0.3, -0.25) is 9.59 Å². The Morgan fingerprint density at radius 2 is 1.73 bits per heavy atom. The van der Waals surface area contributed by atoms with Crippen LogP contribution >= 0.6 is 0 Å². The molecule has 8 rings (SSSR count). The molecule has 2 saturated carbocycles. The normalized spacial score (nSPS) is 17.7. The van der Waals surface area contributed by atoms with Gasteiger partial charge in [0.2, 0.25) is 17.7 Å². The summed E-state index contributed by atoms with van der Waals surface area (Å²) in [5.41, 5.74) is 5.83. The summed E-state index contributed by atoms with van der Waals surface area (Å²) in [6.45, 7) is 3.92. The Kier molecular flexibility index (Phi) is 9.25. The molecule has 270 valence electrons. The van der Waals surface area contributed by atoms with Crippen LogP contribution in [0.2, 0.25) is 0 Å². The summed E-state index contributed by atoms with van der Waals surface area (Å²) in [6, 6.07) is 13.0. The van der Waals surface area contributed by atoms with Crippen LogP contribution in [-0.4, -0.2) is 78.9 Å². The van der Waals surface area contributed by atoms with Crippen molar-refractivity contribution in [3.05, 3.63) is 66.5 Å². The number of benzene rings is 2. The molecule has 3 aliphatic rings. The monoisotopic (exact) mass is 704 g/mol. The molecular weight excluding hydrogens is 660 g/mol. The van der Waals surface area contributed by atoms with Gasteiger partial charge in [-0.2, -0.15) is 0 Å². The number of methoxy groups -OCH3 is 1. The van der Waals surface area contributed by atoms with Crippen molar-refractivity contribution in [1.29, 1.82) is 0 Å². The van der Waals surface area contributed by atoms with Crippen LogP contribution in [0.15, 0.2) is 59.3 Å². The minimum atomic E-state index is -0.587. The van der Waals surface area contributed by atoms with Crippen molar-refractivity contribution >= 4 is 29.0 Å². The number of H-pyrrole nitrogens is 2. The Morgan fingerprint density at radius 3 is 2.48 bits per heavy atom. The predicted molar refractivity (Wildman–Crippen MR) is 193 cm³/mol. The molecule has 2 atom stereocenters. The molecule has 13 nitrogen and oxygen atoms in total. The second-order valence-corrected chi connectivity index (χ2v) is 14.3. The molecule has 0 unspecified atom stereocenters. The zero-order valence-electron chi connectivity index (χ0n) is 29.6. The fourth-order valence-corrected chi connectivity index (χ4v) is 7.18. The number of aromatic amines is 2. The summed E-state index contributed by atoms with van der Waals surface area (Å²) in [5, 5.41) is 2.75. The Bertz CT molecular complexity index is 2070. The quantitative estimate of drug-likeness (QED) is 0.123. The van der Waals surface area contributed by atoms with Crippen LogP contribution in [-0.2, 0) is 20.9 Å². The molecule has 2 aromatic carbocycles. The zero-order valence-corrected chi connectivity index (χ0v) is 29.6. The third kappa shape index (κ3) is 7.17. The molecule has 0 radical (unpaired) electrons. The maximum absolute atomic E-state index is 13.6. The van der Waals surface area contributed by atoms with E-state index in [9.17, 15) is 14.4 Å². The second kappa shape index (κ2) is 14.3. The van der Waals surface area contributed by atoms with Crippen LogP contribution in [0.1, 0.15) is 76.0 Å². The van der Waals surface area contributed by atoms with Crippen LogP contribution in [0, 0.1) is 11.8 Å². The number of nitrogens with one attached hydrogen (secondary N) is 3. The van der Waals surface area contributed by atoms with Crippen molar-refractivity contribution in [2.75, 3.05) is 20.2 Å². The molecule has 3 N–H and O–H groups in total. The van der Waals surface area contributed by atoms with Crippen molar-refractivity contribution in [1.82, 2.24) is 40.0 Å². The number of hydrogen-bond donors (Lipinski definition) is 3. The van der Waals surface area contributed by atoms with Crippen molar-refractivity contribution in [3.8, 4) is 34.0 Å². The second-order valence-electron chi connectivity index (χ2n) is 14.3. The first-order valence-electron chi connectivity index (χ1n) is 18.4. The molecule has 0 spiro atoms. The molecule has 3 fully saturated rings. The van der Waals surface area contributed by atoms with E-state index in [2.05, 4.69) is 32.2 Å². The number of aromatic nitrogens is 5. The molecule has 52 heavy (non-hydrogen) atoms. The number of nitrogens with zero attached hydrogens (tertiary/aromatic N) is 5. The predicted octanol–water partition coefficient (Wildman–Crippen LogP) is 6.61. The number of hydrogen-bond acceptors (Lipinski definition) is 8. The number of fused-ring (bicyclic) bond motifs is 1. The van der Waals surface area contributed by atoms with E-state index in [1.807, 2.05) is 58.5 Å². The molecule has 5 aromatic rings. The number of alkyl carbamates (subject to hydrolysis) is 1. The third-order valence-corrected chi connectivity index (χ3v) is 10.4. The Labute approximate surface area is 301 Å². The average molecular weight is 705 g/mol. The van der Waals surface area contributed by atoms with Crippen LogP contribution in [0.3, 0.4) is 0 Å². The van der Waals surface area contributed by atoms with Gasteiger partial charge in [-0.15, -0.1) is 0 Å². The van der Waals surface area contributed by atoms with Gasteiger partial charge < -0.3 is 34.2 Å². The summed E-state index contributed by atoms with van der Waals surface area (Å²) in [4.78, 5) is 63.0. The lowest BCUT2D eigenvalue weighted by atomic mass is 10.1. The van der Waals surface area contributed by atoms with Gasteiger partial charge in [-0.05, 0) is 92.7 Å². The van der Waals surface area contributed by atoms with E-state index < -0.39 is 12.1 Å². The highest BCUT2D eigenvalue weighted by atomic mass is 16.5. The smallest absolute Gasteiger partial charge is 0.407 e. The maximum atomic E-state index is 13.6. The number of rotatable bonds is 13. The molecule has 1 saturated heterocycles. The average Bonchev–Trinajstić information content (AvgIpc) is 3.88. The first-order valence-corrected chi connectivity index (χ1v) is 18.4. The van der Waals surface area contributed by atoms with Crippen molar-refractivity contribution in [3.63, 3.8) is 0 Å². The van der Waals surface area contributed by atoms with Crippen molar-refractivity contribution in [2.24, 2.45) is 11.8 Å². The first kappa shape index (κ1) is 33.7. The standard InChI is InChI=1S/C39H44N8O5/c1-3-16-46(34(48)18-23-6-7-23)22-33-40-20-29(42-33)24-8-12-26(13-9-24)37-44-28-19-27(14-15-32(28)52-37)30-21-41-36(43-30)31-5-4-17-47(31)38(49)35(25-10-11-25)45-39(50)51-2/h8-9,12-15,19-21,23,25,31,35H,3-7,10-11,16-18,22H2,1-2H3,(H,40,42)(H,41,43)(H,45,50)/t31-,35+/m0/s1. The van der Waals surface area contributed by atoms with E-state index in [-0.39, 0.29) is 23.8 Å². The number of carbonyl (C=O) groups is 3. The summed E-state index contributed by atoms with van der Waals surface area (Å²) >= 11 is 0. The van der Waals surface area contributed by atoms with Gasteiger partial charge in [0.15, 0.2) is 5.58 Å². The molecular formula is C39H44N8O5. The number of oxazole rings is 1. The van der Waals surface area contributed by atoms with Crippen LogP contribution < -0.4 is 5.32 Å². The van der Waals surface area contributed by atoms with E-state index in [1.165, 1.54) is 7.11 Å². The van der Waals surface area contributed by atoms with Gasteiger partial charge in [-0.25, -0.2) is 19.7 Å². The lowest BCUT2D eigenvalue weighted by Gasteiger charge is -2.28. The summed E-state index contributed by atoms with van der Waals surface area (Å²) < 4.78 is 10.9. The van der Waals surface area contributed by atoms with E-state index in [0.29, 0.717) is 36.9 Å². The molecule has 3 amide bonds. The van der Waals surface area contributed by atoms with Crippen LogP contribution in [0.25, 0.3) is 45.1 Å².